The number of hydrogen-bond donors (Lipinski definition) is 3. The van der Waals surface area contributed by atoms with Crippen LogP contribution in [-0.2, 0) is 9.59 Å². The summed E-state index contributed by atoms with van der Waals surface area (Å²) in [5.41, 5.74) is 0.918. The largest absolute Gasteiger partial charge is 0.481 e. The van der Waals surface area contributed by atoms with Gasteiger partial charge in [0, 0.05) is 10.7 Å². The van der Waals surface area contributed by atoms with Gasteiger partial charge in [-0.15, -0.1) is 11.3 Å². The minimum atomic E-state index is -0.955. The number of nitrogens with one attached hydrogen (secondary N) is 2. The maximum atomic E-state index is 12.8. The first kappa shape index (κ1) is 18.7. The topological polar surface area (TPSA) is 95.5 Å². The summed E-state index contributed by atoms with van der Waals surface area (Å²) in [6, 6.07) is 8.33. The molecule has 2 aliphatic rings. The number of hydrogen-bond acceptors (Lipinski definition) is 4. The van der Waals surface area contributed by atoms with Crippen LogP contribution in [0.2, 0.25) is 5.02 Å². The minimum Gasteiger partial charge on any atom is -0.481 e. The van der Waals surface area contributed by atoms with Gasteiger partial charge in [0.25, 0.3) is 5.91 Å². The molecule has 4 rings (SSSR count). The number of carbonyl (C=O) groups is 3. The fourth-order valence-electron chi connectivity index (χ4n) is 4.03. The van der Waals surface area contributed by atoms with E-state index in [2.05, 4.69) is 10.6 Å². The van der Waals surface area contributed by atoms with Crippen molar-refractivity contribution in [2.45, 2.75) is 6.42 Å². The summed E-state index contributed by atoms with van der Waals surface area (Å²) in [5.74, 6) is -3.19. The molecule has 1 fully saturated rings. The molecule has 0 spiro atoms. The van der Waals surface area contributed by atoms with E-state index in [1.807, 2.05) is 12.2 Å². The summed E-state index contributed by atoms with van der Waals surface area (Å²) in [6.45, 7) is 0. The third kappa shape index (κ3) is 3.43. The molecule has 2 bridgehead atoms. The highest BCUT2D eigenvalue weighted by molar-refractivity contribution is 7.14. The Morgan fingerprint density at radius 2 is 1.68 bits per heavy atom. The van der Waals surface area contributed by atoms with E-state index in [0.717, 1.165) is 0 Å². The second-order valence-corrected chi connectivity index (χ2v) is 8.30. The van der Waals surface area contributed by atoms with E-state index in [1.165, 1.54) is 11.3 Å². The quantitative estimate of drug-likeness (QED) is 0.639. The summed E-state index contributed by atoms with van der Waals surface area (Å²) < 4.78 is 0. The summed E-state index contributed by atoms with van der Waals surface area (Å²) in [4.78, 5) is 37.1. The Labute approximate surface area is 170 Å². The molecule has 0 saturated heterocycles. The van der Waals surface area contributed by atoms with Gasteiger partial charge in [-0.25, -0.2) is 0 Å². The molecule has 0 aliphatic heterocycles. The minimum absolute atomic E-state index is 0.0718. The predicted molar refractivity (Wildman–Crippen MR) is 108 cm³/mol. The van der Waals surface area contributed by atoms with Gasteiger partial charge < -0.3 is 15.7 Å². The smallest absolute Gasteiger partial charge is 0.307 e. The third-order valence-corrected chi connectivity index (χ3v) is 6.38. The van der Waals surface area contributed by atoms with E-state index < -0.39 is 17.8 Å². The molecule has 8 heteroatoms. The molecule has 0 radical (unpaired) electrons. The van der Waals surface area contributed by atoms with Crippen LogP contribution in [0.1, 0.15) is 16.8 Å². The summed E-state index contributed by atoms with van der Waals surface area (Å²) in [6.07, 6.45) is 4.50. The Morgan fingerprint density at radius 3 is 2.36 bits per heavy atom. The highest BCUT2D eigenvalue weighted by Gasteiger charge is 2.51. The molecule has 3 N–H and O–H groups in total. The van der Waals surface area contributed by atoms with Crippen LogP contribution in [0.15, 0.2) is 47.9 Å². The Kier molecular flexibility index (Phi) is 4.95. The average molecular weight is 417 g/mol. The van der Waals surface area contributed by atoms with Gasteiger partial charge in [0.2, 0.25) is 5.91 Å². The summed E-state index contributed by atoms with van der Waals surface area (Å²) in [7, 11) is 0. The first-order valence-electron chi connectivity index (χ1n) is 8.80. The van der Waals surface area contributed by atoms with E-state index in [0.29, 0.717) is 27.7 Å². The number of halogens is 1. The molecule has 1 aromatic heterocycles. The number of allylic oxidation sites excluding steroid dienone is 2. The van der Waals surface area contributed by atoms with Crippen LogP contribution in [-0.4, -0.2) is 22.9 Å². The number of anilines is 2. The van der Waals surface area contributed by atoms with Crippen molar-refractivity contribution in [3.63, 3.8) is 0 Å². The Hall–Kier alpha value is -2.64. The Balaban J connectivity index is 1.49. The lowest BCUT2D eigenvalue weighted by Crippen LogP contribution is -2.36. The summed E-state index contributed by atoms with van der Waals surface area (Å²) >= 11 is 7.08. The van der Waals surface area contributed by atoms with Crippen molar-refractivity contribution in [2.24, 2.45) is 23.7 Å². The zero-order valence-corrected chi connectivity index (χ0v) is 16.2. The van der Waals surface area contributed by atoms with Crippen molar-refractivity contribution < 1.29 is 19.5 Å². The van der Waals surface area contributed by atoms with Gasteiger partial charge in [-0.05, 0) is 54.0 Å². The first-order chi connectivity index (χ1) is 13.4. The molecule has 2 aromatic rings. The zero-order valence-electron chi connectivity index (χ0n) is 14.6. The van der Waals surface area contributed by atoms with Crippen LogP contribution >= 0.6 is 22.9 Å². The highest BCUT2D eigenvalue weighted by atomic mass is 35.5. The van der Waals surface area contributed by atoms with Crippen molar-refractivity contribution in [3.8, 4) is 0 Å². The predicted octanol–water partition coefficient (Wildman–Crippen LogP) is 4.12. The maximum absolute atomic E-state index is 12.8. The van der Waals surface area contributed by atoms with Crippen LogP contribution in [0, 0.1) is 23.7 Å². The number of thiophene rings is 1. The molecular weight excluding hydrogens is 400 g/mol. The lowest BCUT2D eigenvalue weighted by Gasteiger charge is -2.23. The monoisotopic (exact) mass is 416 g/mol. The first-order valence-corrected chi connectivity index (χ1v) is 10.1. The van der Waals surface area contributed by atoms with Crippen molar-refractivity contribution in [2.75, 3.05) is 10.6 Å². The average Bonchev–Trinajstić information content (AvgIpc) is 3.38. The van der Waals surface area contributed by atoms with E-state index in [1.54, 1.807) is 35.7 Å². The number of carbonyl (C=O) groups excluding carboxylic acids is 2. The van der Waals surface area contributed by atoms with Crippen LogP contribution in [0.4, 0.5) is 10.7 Å². The van der Waals surface area contributed by atoms with Crippen molar-refractivity contribution in [1.82, 2.24) is 0 Å². The molecule has 2 aliphatic carbocycles. The lowest BCUT2D eigenvalue weighted by molar-refractivity contribution is -0.146. The Morgan fingerprint density at radius 1 is 1.00 bits per heavy atom. The number of carboxylic acid groups (broad SMARTS) is 1. The Bertz CT molecular complexity index is 969. The maximum Gasteiger partial charge on any atom is 0.307 e. The number of rotatable bonds is 5. The van der Waals surface area contributed by atoms with E-state index in [4.69, 9.17) is 11.6 Å². The van der Waals surface area contributed by atoms with Crippen LogP contribution in [0.3, 0.4) is 0 Å². The fraction of sp³-hybridized carbons (Fsp3) is 0.250. The van der Waals surface area contributed by atoms with Gasteiger partial charge in [0.1, 0.15) is 5.00 Å². The molecular formula is C20H17ClN2O4S. The molecule has 4 atom stereocenters. The van der Waals surface area contributed by atoms with Crippen LogP contribution in [0.5, 0.6) is 0 Å². The molecule has 1 saturated carbocycles. The molecule has 6 nitrogen and oxygen atoms in total. The number of carboxylic acids is 1. The van der Waals surface area contributed by atoms with E-state index in [-0.39, 0.29) is 23.7 Å². The van der Waals surface area contributed by atoms with Gasteiger partial charge in [-0.3, -0.25) is 14.4 Å². The van der Waals surface area contributed by atoms with Gasteiger partial charge >= 0.3 is 5.97 Å². The van der Waals surface area contributed by atoms with Crippen molar-refractivity contribution in [3.05, 3.63) is 58.5 Å². The number of amides is 2. The molecule has 28 heavy (non-hydrogen) atoms. The standard InChI is InChI=1S/C20H17ClN2O4S/c21-12-3-5-13(6-4-12)22-17(24)14-7-8-28-19(14)23-18(25)15-10-1-2-11(9-10)16(15)20(26)27/h1-8,10-11,15-16H,9H2,(H,22,24)(H,23,25)(H,26,27)/t10-,11+,15+,16+/m1/s1. The molecule has 144 valence electrons. The zero-order chi connectivity index (χ0) is 19.8. The molecule has 1 aromatic carbocycles. The number of fused-ring (bicyclic) bond motifs is 2. The van der Waals surface area contributed by atoms with Crippen molar-refractivity contribution >= 4 is 51.4 Å². The van der Waals surface area contributed by atoms with Gasteiger partial charge in [-0.2, -0.15) is 0 Å². The normalized spacial score (nSPS) is 24.9. The fourth-order valence-corrected chi connectivity index (χ4v) is 4.94. The van der Waals surface area contributed by atoms with Gasteiger partial charge in [0.15, 0.2) is 0 Å². The summed E-state index contributed by atoms with van der Waals surface area (Å²) in [5, 5.41) is 17.7. The highest BCUT2D eigenvalue weighted by Crippen LogP contribution is 2.48. The number of benzene rings is 1. The van der Waals surface area contributed by atoms with Gasteiger partial charge in [-0.1, -0.05) is 23.8 Å². The molecule has 1 heterocycles. The van der Waals surface area contributed by atoms with Crippen LogP contribution in [0.25, 0.3) is 0 Å². The van der Waals surface area contributed by atoms with E-state index >= 15 is 0 Å². The second-order valence-electron chi connectivity index (χ2n) is 6.95. The SMILES string of the molecule is O=C(Nc1ccc(Cl)cc1)c1ccsc1NC(=O)[C@@H]1[C@@H](C(=O)O)[C@H]2C=C[C@@H]1C2. The van der Waals surface area contributed by atoms with E-state index in [9.17, 15) is 19.5 Å². The molecule has 2 amide bonds. The van der Waals surface area contributed by atoms with Crippen molar-refractivity contribution in [1.29, 1.82) is 0 Å². The number of aliphatic carboxylic acids is 1. The van der Waals surface area contributed by atoms with Crippen LogP contribution < -0.4 is 10.6 Å². The lowest BCUT2D eigenvalue weighted by atomic mass is 9.82. The molecule has 0 unspecified atom stereocenters. The third-order valence-electron chi connectivity index (χ3n) is 5.30. The van der Waals surface area contributed by atoms with Gasteiger partial charge in [0.05, 0.1) is 17.4 Å². The second kappa shape index (κ2) is 7.41.